The second-order valence-electron chi connectivity index (χ2n) is 6.97. The number of rotatable bonds is 6. The Morgan fingerprint density at radius 2 is 1.78 bits per heavy atom. The first-order valence-corrected chi connectivity index (χ1v) is 11.3. The average molecular weight is 493 g/mol. The fraction of sp³-hybridized carbons (Fsp3) is 0.350. The van der Waals surface area contributed by atoms with Crippen molar-refractivity contribution in [1.29, 1.82) is 0 Å². The molecule has 1 heterocycles. The van der Waals surface area contributed by atoms with Crippen molar-refractivity contribution < 1.29 is 35.9 Å². The number of morpholine rings is 1. The molecule has 32 heavy (non-hydrogen) atoms. The molecule has 2 aromatic rings. The largest absolute Gasteiger partial charge is 0.573 e. The average Bonchev–Trinajstić information content (AvgIpc) is 2.73. The van der Waals surface area contributed by atoms with Crippen molar-refractivity contribution in [3.8, 4) is 5.75 Å². The number of nitrogens with one attached hydrogen (secondary N) is 1. The van der Waals surface area contributed by atoms with Gasteiger partial charge < -0.3 is 14.8 Å². The molecule has 1 amide bonds. The molecule has 0 aliphatic carbocycles. The number of benzene rings is 2. The molecule has 1 atom stereocenters. The van der Waals surface area contributed by atoms with Crippen LogP contribution in [0.25, 0.3) is 0 Å². The highest BCUT2D eigenvalue weighted by atomic mass is 35.5. The number of alkyl halides is 3. The van der Waals surface area contributed by atoms with E-state index >= 15 is 0 Å². The first-order chi connectivity index (χ1) is 15.0. The highest BCUT2D eigenvalue weighted by Gasteiger charge is 2.31. The van der Waals surface area contributed by atoms with Crippen molar-refractivity contribution in [3.63, 3.8) is 0 Å². The lowest BCUT2D eigenvalue weighted by atomic mass is 10.1. The van der Waals surface area contributed by atoms with Crippen LogP contribution in [0, 0.1) is 0 Å². The molecule has 0 bridgehead atoms. The lowest BCUT2D eigenvalue weighted by molar-refractivity contribution is -0.274. The van der Waals surface area contributed by atoms with E-state index in [2.05, 4.69) is 10.1 Å². The molecule has 1 unspecified atom stereocenters. The molecule has 0 aromatic heterocycles. The Labute approximate surface area is 188 Å². The third kappa shape index (κ3) is 5.91. The van der Waals surface area contributed by atoms with E-state index in [0.29, 0.717) is 5.56 Å². The summed E-state index contributed by atoms with van der Waals surface area (Å²) < 4.78 is 72.9. The summed E-state index contributed by atoms with van der Waals surface area (Å²) in [5, 5.41) is 2.67. The summed E-state index contributed by atoms with van der Waals surface area (Å²) in [5.74, 6) is -0.946. The van der Waals surface area contributed by atoms with Gasteiger partial charge in [-0.2, -0.15) is 4.31 Å². The monoisotopic (exact) mass is 492 g/mol. The van der Waals surface area contributed by atoms with E-state index in [1.54, 1.807) is 6.92 Å². The molecule has 0 spiro atoms. The number of halogens is 4. The number of ether oxygens (including phenoxy) is 2. The van der Waals surface area contributed by atoms with Crippen molar-refractivity contribution in [3.05, 3.63) is 58.6 Å². The number of sulfonamides is 1. The maximum atomic E-state index is 12.9. The topological polar surface area (TPSA) is 84.9 Å². The fourth-order valence-corrected chi connectivity index (χ4v) is 5.00. The Bertz CT molecular complexity index is 1070. The van der Waals surface area contributed by atoms with E-state index in [9.17, 15) is 26.4 Å². The van der Waals surface area contributed by atoms with Gasteiger partial charge in [-0.15, -0.1) is 13.2 Å². The van der Waals surface area contributed by atoms with Gasteiger partial charge in [0, 0.05) is 18.7 Å². The van der Waals surface area contributed by atoms with E-state index in [0.717, 1.165) is 12.1 Å². The first kappa shape index (κ1) is 24.3. The molecule has 7 nitrogen and oxygen atoms in total. The van der Waals surface area contributed by atoms with Crippen LogP contribution in [0.2, 0.25) is 5.02 Å². The maximum Gasteiger partial charge on any atom is 0.573 e. The van der Waals surface area contributed by atoms with Gasteiger partial charge in [-0.3, -0.25) is 4.79 Å². The molecule has 1 fully saturated rings. The van der Waals surface area contributed by atoms with Crippen LogP contribution in [0.3, 0.4) is 0 Å². The smallest absolute Gasteiger partial charge is 0.406 e. The van der Waals surface area contributed by atoms with Gasteiger partial charge in [-0.05, 0) is 42.8 Å². The van der Waals surface area contributed by atoms with Crippen LogP contribution in [0.15, 0.2) is 47.4 Å². The normalized spacial score (nSPS) is 16.4. The molecule has 0 saturated carbocycles. The van der Waals surface area contributed by atoms with Crippen molar-refractivity contribution in [2.45, 2.75) is 24.2 Å². The maximum absolute atomic E-state index is 12.9. The van der Waals surface area contributed by atoms with Gasteiger partial charge in [-0.25, -0.2) is 8.42 Å². The Morgan fingerprint density at radius 3 is 2.38 bits per heavy atom. The summed E-state index contributed by atoms with van der Waals surface area (Å²) in [6, 6.07) is 8.42. The van der Waals surface area contributed by atoms with E-state index in [1.165, 1.54) is 34.6 Å². The molecule has 12 heteroatoms. The van der Waals surface area contributed by atoms with Gasteiger partial charge in [0.2, 0.25) is 10.0 Å². The number of carbonyl (C=O) groups excluding carboxylic acids is 1. The molecule has 3 rings (SSSR count). The number of carbonyl (C=O) groups is 1. The Morgan fingerprint density at radius 1 is 1.16 bits per heavy atom. The molecule has 1 aliphatic rings. The lowest BCUT2D eigenvalue weighted by Gasteiger charge is -2.26. The van der Waals surface area contributed by atoms with E-state index in [4.69, 9.17) is 16.3 Å². The predicted molar refractivity (Wildman–Crippen MR) is 110 cm³/mol. The fourth-order valence-electron chi connectivity index (χ4n) is 3.09. The quantitative estimate of drug-likeness (QED) is 0.664. The summed E-state index contributed by atoms with van der Waals surface area (Å²) in [4.78, 5) is 12.5. The van der Waals surface area contributed by atoms with E-state index < -0.39 is 28.3 Å². The van der Waals surface area contributed by atoms with Crippen molar-refractivity contribution >= 4 is 27.5 Å². The second-order valence-corrected chi connectivity index (χ2v) is 9.29. The minimum absolute atomic E-state index is 0.0126. The standard InChI is InChI=1S/C20H20ClF3N2O5S/c1-13(14-2-5-16(6-3-14)31-20(22,23)24)25-19(27)15-4-7-17(21)18(12-15)32(28,29)26-8-10-30-11-9-26/h2-7,12-13H,8-11H2,1H3,(H,25,27). The molecule has 1 saturated heterocycles. The van der Waals surface area contributed by atoms with Crippen LogP contribution in [-0.2, 0) is 14.8 Å². The number of hydrogen-bond donors (Lipinski definition) is 1. The second kappa shape index (κ2) is 9.65. The van der Waals surface area contributed by atoms with Crippen LogP contribution >= 0.6 is 11.6 Å². The zero-order valence-corrected chi connectivity index (χ0v) is 18.4. The summed E-state index contributed by atoms with van der Waals surface area (Å²) >= 11 is 6.11. The summed E-state index contributed by atoms with van der Waals surface area (Å²) in [6.45, 7) is 2.53. The highest BCUT2D eigenvalue weighted by Crippen LogP contribution is 2.27. The zero-order chi connectivity index (χ0) is 23.5. The van der Waals surface area contributed by atoms with Gasteiger partial charge in [0.15, 0.2) is 0 Å². The van der Waals surface area contributed by atoms with Crippen molar-refractivity contribution in [1.82, 2.24) is 9.62 Å². The molecule has 174 valence electrons. The highest BCUT2D eigenvalue weighted by molar-refractivity contribution is 7.89. The number of hydrogen-bond acceptors (Lipinski definition) is 5. The lowest BCUT2D eigenvalue weighted by Crippen LogP contribution is -2.40. The molecule has 2 aromatic carbocycles. The zero-order valence-electron chi connectivity index (χ0n) is 16.9. The Hall–Kier alpha value is -2.34. The third-order valence-corrected chi connectivity index (χ3v) is 7.12. The third-order valence-electron chi connectivity index (χ3n) is 4.74. The van der Waals surface area contributed by atoms with Crippen LogP contribution in [0.1, 0.15) is 28.9 Å². The van der Waals surface area contributed by atoms with Gasteiger partial charge in [-0.1, -0.05) is 23.7 Å². The number of amides is 1. The summed E-state index contributed by atoms with van der Waals surface area (Å²) in [7, 11) is -3.91. The van der Waals surface area contributed by atoms with Gasteiger partial charge in [0.05, 0.1) is 24.3 Å². The Balaban J connectivity index is 1.74. The van der Waals surface area contributed by atoms with Crippen molar-refractivity contribution in [2.24, 2.45) is 0 Å². The van der Waals surface area contributed by atoms with E-state index in [-0.39, 0.29) is 47.5 Å². The van der Waals surface area contributed by atoms with E-state index in [1.807, 2.05) is 0 Å². The molecular weight excluding hydrogens is 473 g/mol. The van der Waals surface area contributed by atoms with Crippen LogP contribution in [0.5, 0.6) is 5.75 Å². The predicted octanol–water partition coefficient (Wildman–Crippen LogP) is 3.75. The minimum atomic E-state index is -4.80. The molecule has 1 N–H and O–H groups in total. The first-order valence-electron chi connectivity index (χ1n) is 9.51. The molecule has 0 radical (unpaired) electrons. The van der Waals surface area contributed by atoms with Gasteiger partial charge >= 0.3 is 6.36 Å². The SMILES string of the molecule is CC(NC(=O)c1ccc(Cl)c(S(=O)(=O)N2CCOCC2)c1)c1ccc(OC(F)(F)F)cc1. The molecule has 1 aliphatic heterocycles. The molecular formula is C20H20ClF3N2O5S. The number of nitrogens with zero attached hydrogens (tertiary/aromatic N) is 1. The van der Waals surface area contributed by atoms with Gasteiger partial charge in [0.1, 0.15) is 10.6 Å². The van der Waals surface area contributed by atoms with Crippen LogP contribution < -0.4 is 10.1 Å². The van der Waals surface area contributed by atoms with Gasteiger partial charge in [0.25, 0.3) is 5.91 Å². The van der Waals surface area contributed by atoms with Crippen LogP contribution in [0.4, 0.5) is 13.2 Å². The Kier molecular flexibility index (Phi) is 7.33. The van der Waals surface area contributed by atoms with Crippen molar-refractivity contribution in [2.75, 3.05) is 26.3 Å². The minimum Gasteiger partial charge on any atom is -0.406 e. The summed E-state index contributed by atoms with van der Waals surface area (Å²) in [6.07, 6.45) is -4.80. The van der Waals surface area contributed by atoms with Crippen LogP contribution in [-0.4, -0.2) is 51.3 Å². The summed E-state index contributed by atoms with van der Waals surface area (Å²) in [5.41, 5.74) is 0.605.